The van der Waals surface area contributed by atoms with Crippen molar-refractivity contribution in [3.8, 4) is 5.75 Å². The first-order chi connectivity index (χ1) is 22.6. The van der Waals surface area contributed by atoms with Gasteiger partial charge in [0.1, 0.15) is 24.4 Å². The van der Waals surface area contributed by atoms with Crippen LogP contribution in [0.4, 0.5) is 0 Å². The summed E-state index contributed by atoms with van der Waals surface area (Å²) in [7, 11) is 0. The van der Waals surface area contributed by atoms with Crippen LogP contribution in [0, 0.1) is 5.92 Å². The van der Waals surface area contributed by atoms with Crippen molar-refractivity contribution in [3.63, 3.8) is 0 Å². The molecule has 5 amide bonds. The molecule has 13 nitrogen and oxygen atoms in total. The molecule has 0 unspecified atom stereocenters. The maximum atomic E-state index is 13.9. The monoisotopic (exact) mass is 650 g/mol. The zero-order valence-electron chi connectivity index (χ0n) is 27.3. The number of ether oxygens (including phenoxy) is 2. The second-order valence-electron chi connectivity index (χ2n) is 12.2. The number of hydrogen-bond acceptors (Lipinski definition) is 8. The van der Waals surface area contributed by atoms with Gasteiger partial charge < -0.3 is 35.6 Å². The molecule has 0 bridgehead atoms. The van der Waals surface area contributed by atoms with Gasteiger partial charge in [-0.2, -0.15) is 0 Å². The highest BCUT2D eigenvalue weighted by atomic mass is 16.5. The number of hydrogen-bond donors (Lipinski definition) is 4. The molecule has 47 heavy (non-hydrogen) atoms. The molecule has 4 N–H and O–H groups in total. The zero-order valence-corrected chi connectivity index (χ0v) is 27.3. The number of para-hydroxylation sites is 1. The third-order valence-electron chi connectivity index (χ3n) is 8.01. The van der Waals surface area contributed by atoms with Crippen LogP contribution < -0.4 is 26.0 Å². The van der Waals surface area contributed by atoms with Gasteiger partial charge in [0.2, 0.25) is 23.6 Å². The Labute approximate surface area is 275 Å². The second kappa shape index (κ2) is 17.4. The van der Waals surface area contributed by atoms with Crippen molar-refractivity contribution in [3.05, 3.63) is 65.7 Å². The standard InChI is InChI=1S/C34H46N6O7/c1-23(2)31-34(45)36-24(3)22-47-28-12-8-7-11-26(28)32(43)37-27(33(44)35-13-14-39-15-17-46-18-16-39)19-30(42)40(21-29(41)38-31)20-25-9-5-4-6-10-25/h4-12,23-24,27,31H,13-22H2,1-3H3,(H,35,44)(H,36,45)(H,37,43)(H,38,41)/t24-,27-,31+/m0/s1. The number of rotatable bonds is 7. The fourth-order valence-corrected chi connectivity index (χ4v) is 5.37. The third kappa shape index (κ3) is 10.8. The van der Waals surface area contributed by atoms with Crippen LogP contribution in [0.1, 0.15) is 43.1 Å². The fraction of sp³-hybridized carbons (Fsp3) is 0.500. The zero-order chi connectivity index (χ0) is 33.8. The molecule has 0 aromatic heterocycles. The molecule has 2 aromatic carbocycles. The van der Waals surface area contributed by atoms with E-state index in [9.17, 15) is 24.0 Å². The maximum absolute atomic E-state index is 13.9. The van der Waals surface area contributed by atoms with Crippen molar-refractivity contribution in [1.29, 1.82) is 0 Å². The van der Waals surface area contributed by atoms with Gasteiger partial charge in [-0.15, -0.1) is 0 Å². The minimum atomic E-state index is -1.24. The van der Waals surface area contributed by atoms with E-state index < -0.39 is 54.1 Å². The molecule has 2 heterocycles. The summed E-state index contributed by atoms with van der Waals surface area (Å²) in [4.78, 5) is 71.2. The number of nitrogens with zero attached hydrogens (tertiary/aromatic N) is 2. The number of fused-ring (bicyclic) bond motifs is 1. The highest BCUT2D eigenvalue weighted by Crippen LogP contribution is 2.19. The number of carbonyl (C=O) groups excluding carboxylic acids is 5. The summed E-state index contributed by atoms with van der Waals surface area (Å²) in [6.45, 7) is 8.79. The van der Waals surface area contributed by atoms with E-state index in [1.165, 1.54) is 4.90 Å². The Bertz CT molecular complexity index is 1380. The molecule has 0 radical (unpaired) electrons. The first-order valence-corrected chi connectivity index (χ1v) is 16.1. The number of morpholine rings is 1. The van der Waals surface area contributed by atoms with E-state index in [4.69, 9.17) is 9.47 Å². The second-order valence-corrected chi connectivity index (χ2v) is 12.2. The molecule has 1 saturated heterocycles. The van der Waals surface area contributed by atoms with Crippen LogP contribution >= 0.6 is 0 Å². The van der Waals surface area contributed by atoms with E-state index in [2.05, 4.69) is 26.2 Å². The summed E-state index contributed by atoms with van der Waals surface area (Å²) in [6, 6.07) is 13.1. The Morgan fingerprint density at radius 2 is 1.66 bits per heavy atom. The van der Waals surface area contributed by atoms with E-state index in [-0.39, 0.29) is 36.9 Å². The largest absolute Gasteiger partial charge is 0.491 e. The molecule has 2 aromatic rings. The van der Waals surface area contributed by atoms with E-state index in [0.717, 1.165) is 18.7 Å². The van der Waals surface area contributed by atoms with E-state index in [1.807, 2.05) is 44.2 Å². The number of carbonyl (C=O) groups is 5. The van der Waals surface area contributed by atoms with Crippen LogP contribution in [0.2, 0.25) is 0 Å². The van der Waals surface area contributed by atoms with Gasteiger partial charge in [-0.25, -0.2) is 0 Å². The van der Waals surface area contributed by atoms with Crippen molar-refractivity contribution in [2.75, 3.05) is 52.5 Å². The molecule has 3 atom stereocenters. The lowest BCUT2D eigenvalue weighted by Gasteiger charge is -2.28. The lowest BCUT2D eigenvalue weighted by atomic mass is 10.0. The summed E-state index contributed by atoms with van der Waals surface area (Å²) >= 11 is 0. The van der Waals surface area contributed by atoms with Gasteiger partial charge in [-0.1, -0.05) is 56.3 Å². The third-order valence-corrected chi connectivity index (χ3v) is 8.01. The summed E-state index contributed by atoms with van der Waals surface area (Å²) in [5.74, 6) is -2.56. The van der Waals surface area contributed by atoms with Gasteiger partial charge in [-0.3, -0.25) is 28.9 Å². The van der Waals surface area contributed by atoms with Crippen LogP contribution in [0.15, 0.2) is 54.6 Å². The summed E-state index contributed by atoms with van der Waals surface area (Å²) in [5, 5.41) is 11.3. The Hall–Kier alpha value is -4.49. The molecule has 0 spiro atoms. The molecule has 2 aliphatic rings. The predicted molar refractivity (Wildman–Crippen MR) is 174 cm³/mol. The molecule has 2 aliphatic heterocycles. The first kappa shape index (κ1) is 35.4. The molecule has 1 fully saturated rings. The predicted octanol–water partition coefficient (Wildman–Crippen LogP) is 0.690. The lowest BCUT2D eigenvalue weighted by Crippen LogP contribution is -2.55. The molecular formula is C34H46N6O7. The van der Waals surface area contributed by atoms with Gasteiger partial charge >= 0.3 is 0 Å². The molecular weight excluding hydrogens is 604 g/mol. The van der Waals surface area contributed by atoms with Crippen molar-refractivity contribution in [2.24, 2.45) is 5.92 Å². The smallest absolute Gasteiger partial charge is 0.255 e. The van der Waals surface area contributed by atoms with Gasteiger partial charge in [0.15, 0.2) is 0 Å². The Kier molecular flexibility index (Phi) is 13.1. The highest BCUT2D eigenvalue weighted by molar-refractivity contribution is 6.01. The normalized spacial score (nSPS) is 22.3. The van der Waals surface area contributed by atoms with Crippen LogP contribution in [0.5, 0.6) is 5.75 Å². The molecule has 0 saturated carbocycles. The minimum absolute atomic E-state index is 0.0452. The van der Waals surface area contributed by atoms with E-state index >= 15 is 0 Å². The van der Waals surface area contributed by atoms with E-state index in [0.29, 0.717) is 26.3 Å². The van der Waals surface area contributed by atoms with Gasteiger partial charge in [0, 0.05) is 32.7 Å². The molecule has 13 heteroatoms. The highest BCUT2D eigenvalue weighted by Gasteiger charge is 2.31. The lowest BCUT2D eigenvalue weighted by molar-refractivity contribution is -0.139. The Balaban J connectivity index is 1.63. The van der Waals surface area contributed by atoms with Crippen molar-refractivity contribution in [2.45, 2.75) is 51.9 Å². The molecule has 0 aliphatic carbocycles. The van der Waals surface area contributed by atoms with Crippen LogP contribution in [0.25, 0.3) is 0 Å². The first-order valence-electron chi connectivity index (χ1n) is 16.1. The fourth-order valence-electron chi connectivity index (χ4n) is 5.37. The van der Waals surface area contributed by atoms with Gasteiger partial charge in [0.25, 0.3) is 5.91 Å². The van der Waals surface area contributed by atoms with Gasteiger partial charge in [0.05, 0.1) is 37.8 Å². The topological polar surface area (TPSA) is 158 Å². The Morgan fingerprint density at radius 3 is 2.38 bits per heavy atom. The van der Waals surface area contributed by atoms with Crippen LogP contribution in [-0.4, -0.2) is 110 Å². The Morgan fingerprint density at radius 1 is 0.957 bits per heavy atom. The quantitative estimate of drug-likeness (QED) is 0.341. The number of nitrogens with one attached hydrogen (secondary N) is 4. The van der Waals surface area contributed by atoms with E-state index in [1.54, 1.807) is 31.2 Å². The van der Waals surface area contributed by atoms with Crippen LogP contribution in [-0.2, 0) is 30.5 Å². The molecule has 4 rings (SSSR count). The summed E-state index contributed by atoms with van der Waals surface area (Å²) in [6.07, 6.45) is -0.399. The SMILES string of the molecule is CC(C)[C@H]1NC(=O)CN(Cc2ccccc2)C(=O)C[C@@H](C(=O)NCCN2CCOCC2)NC(=O)c2ccccc2OC[C@H](C)NC1=O. The van der Waals surface area contributed by atoms with Crippen molar-refractivity contribution >= 4 is 29.5 Å². The number of benzene rings is 2. The maximum Gasteiger partial charge on any atom is 0.255 e. The minimum Gasteiger partial charge on any atom is -0.491 e. The average molecular weight is 651 g/mol. The summed E-state index contributed by atoms with van der Waals surface area (Å²) in [5.41, 5.74) is 0.945. The van der Waals surface area contributed by atoms with Gasteiger partial charge in [-0.05, 0) is 30.5 Å². The summed E-state index contributed by atoms with van der Waals surface area (Å²) < 4.78 is 11.3. The average Bonchev–Trinajstić information content (AvgIpc) is 3.06. The van der Waals surface area contributed by atoms with Crippen LogP contribution in [0.3, 0.4) is 0 Å². The van der Waals surface area contributed by atoms with Crippen molar-refractivity contribution < 1.29 is 33.4 Å². The number of amides is 5. The molecule has 254 valence electrons. The van der Waals surface area contributed by atoms with Crippen molar-refractivity contribution in [1.82, 2.24) is 31.1 Å².